The fourth-order valence-electron chi connectivity index (χ4n) is 3.67. The number of nitriles is 1. The number of nitrogens with zero attached hydrogens (tertiary/aromatic N) is 4. The summed E-state index contributed by atoms with van der Waals surface area (Å²) in [6.07, 6.45) is -2.58. The Morgan fingerprint density at radius 1 is 1.08 bits per heavy atom. The molecule has 1 fully saturated rings. The average molecular weight is 502 g/mol. The first-order valence-electron chi connectivity index (χ1n) is 11.7. The number of carbonyl (C=O) groups excluding carboxylic acids is 3. The van der Waals surface area contributed by atoms with Crippen LogP contribution in [0.25, 0.3) is 5.52 Å². The second-order valence-corrected chi connectivity index (χ2v) is 9.52. The van der Waals surface area contributed by atoms with E-state index in [9.17, 15) is 19.6 Å². The number of hydrogen-bond donors (Lipinski definition) is 1. The van der Waals surface area contributed by atoms with E-state index >= 15 is 0 Å². The molecular formula is C24H31N5O7. The summed E-state index contributed by atoms with van der Waals surface area (Å²) in [7, 11) is 0. The molecule has 0 bridgehead atoms. The van der Waals surface area contributed by atoms with Crippen molar-refractivity contribution < 1.29 is 33.3 Å². The number of rotatable bonds is 8. The third-order valence-electron chi connectivity index (χ3n) is 5.73. The van der Waals surface area contributed by atoms with Gasteiger partial charge in [0.25, 0.3) is 0 Å². The van der Waals surface area contributed by atoms with Crippen molar-refractivity contribution in [3.05, 3.63) is 24.2 Å². The Bertz CT molecular complexity index is 1190. The van der Waals surface area contributed by atoms with Crippen molar-refractivity contribution in [2.24, 2.45) is 17.8 Å². The van der Waals surface area contributed by atoms with Crippen LogP contribution in [-0.4, -0.2) is 57.4 Å². The SMILES string of the molecule is CC(C)C(=O)OCC1O[C@@](C#N)(c2ccc3c(N)ncnn23)[C@H](OC(=O)C(C)C)[C@@H]1OC(=O)C(C)C. The van der Waals surface area contributed by atoms with Crippen molar-refractivity contribution in [2.75, 3.05) is 12.3 Å². The van der Waals surface area contributed by atoms with Crippen LogP contribution in [0.15, 0.2) is 18.5 Å². The molecule has 12 nitrogen and oxygen atoms in total. The predicted molar refractivity (Wildman–Crippen MR) is 125 cm³/mol. The van der Waals surface area contributed by atoms with Gasteiger partial charge in [0.2, 0.25) is 5.60 Å². The molecular weight excluding hydrogens is 470 g/mol. The molecule has 2 aromatic rings. The normalized spacial score (nSPS) is 23.7. The summed E-state index contributed by atoms with van der Waals surface area (Å²) < 4.78 is 24.4. The minimum atomic E-state index is -1.98. The molecule has 1 unspecified atom stereocenters. The van der Waals surface area contributed by atoms with Crippen LogP contribution in [0.4, 0.5) is 5.82 Å². The zero-order valence-electron chi connectivity index (χ0n) is 21.1. The lowest BCUT2D eigenvalue weighted by atomic mass is 9.91. The minimum absolute atomic E-state index is 0.156. The zero-order chi connectivity index (χ0) is 26.8. The van der Waals surface area contributed by atoms with Gasteiger partial charge in [-0.15, -0.1) is 0 Å². The number of carbonyl (C=O) groups is 3. The molecule has 0 aromatic carbocycles. The predicted octanol–water partition coefficient (Wildman–Crippen LogP) is 1.76. The quantitative estimate of drug-likeness (QED) is 0.413. The Kier molecular flexibility index (Phi) is 7.83. The van der Waals surface area contributed by atoms with Crippen LogP contribution in [0.3, 0.4) is 0 Å². The lowest BCUT2D eigenvalue weighted by molar-refractivity contribution is -0.174. The highest BCUT2D eigenvalue weighted by molar-refractivity contribution is 5.74. The van der Waals surface area contributed by atoms with E-state index in [4.69, 9.17) is 24.7 Å². The topological polar surface area (TPSA) is 168 Å². The number of hydrogen-bond acceptors (Lipinski definition) is 11. The van der Waals surface area contributed by atoms with Gasteiger partial charge in [-0.25, -0.2) is 9.50 Å². The van der Waals surface area contributed by atoms with E-state index in [1.165, 1.54) is 10.8 Å². The molecule has 12 heteroatoms. The van der Waals surface area contributed by atoms with Crippen LogP contribution >= 0.6 is 0 Å². The van der Waals surface area contributed by atoms with E-state index in [-0.39, 0.29) is 18.1 Å². The van der Waals surface area contributed by atoms with E-state index in [2.05, 4.69) is 16.2 Å². The Morgan fingerprint density at radius 2 is 1.69 bits per heavy atom. The molecule has 2 aromatic heterocycles. The monoisotopic (exact) mass is 501 g/mol. The van der Waals surface area contributed by atoms with E-state index in [0.29, 0.717) is 5.52 Å². The molecule has 1 aliphatic heterocycles. The third-order valence-corrected chi connectivity index (χ3v) is 5.73. The molecule has 0 spiro atoms. The molecule has 0 saturated carbocycles. The maximum absolute atomic E-state index is 12.8. The molecule has 2 N–H and O–H groups in total. The van der Waals surface area contributed by atoms with E-state index in [1.807, 2.05) is 0 Å². The van der Waals surface area contributed by atoms with Gasteiger partial charge in [-0.3, -0.25) is 14.4 Å². The fraction of sp³-hybridized carbons (Fsp3) is 0.583. The van der Waals surface area contributed by atoms with Crippen LogP contribution < -0.4 is 5.73 Å². The third kappa shape index (κ3) is 4.97. The van der Waals surface area contributed by atoms with Gasteiger partial charge in [-0.2, -0.15) is 10.4 Å². The number of ether oxygens (including phenoxy) is 4. The van der Waals surface area contributed by atoms with Gasteiger partial charge in [-0.05, 0) is 12.1 Å². The second-order valence-electron chi connectivity index (χ2n) is 9.52. The molecule has 4 atom stereocenters. The van der Waals surface area contributed by atoms with E-state index in [0.717, 1.165) is 0 Å². The van der Waals surface area contributed by atoms with Crippen LogP contribution in [0.1, 0.15) is 47.2 Å². The van der Waals surface area contributed by atoms with Gasteiger partial charge in [0, 0.05) is 0 Å². The summed E-state index contributed by atoms with van der Waals surface area (Å²) in [6, 6.07) is 5.24. The molecule has 3 rings (SSSR count). The number of fused-ring (bicyclic) bond motifs is 1. The first-order chi connectivity index (χ1) is 16.9. The van der Waals surface area contributed by atoms with Crippen LogP contribution in [0, 0.1) is 29.1 Å². The van der Waals surface area contributed by atoms with Crippen molar-refractivity contribution in [1.82, 2.24) is 14.6 Å². The van der Waals surface area contributed by atoms with Crippen LogP contribution in [0.2, 0.25) is 0 Å². The first kappa shape index (κ1) is 26.9. The van der Waals surface area contributed by atoms with Gasteiger partial charge in [0.1, 0.15) is 30.6 Å². The fourth-order valence-corrected chi connectivity index (χ4v) is 3.67. The van der Waals surface area contributed by atoms with Crippen molar-refractivity contribution in [3.63, 3.8) is 0 Å². The van der Waals surface area contributed by atoms with Crippen LogP contribution in [0.5, 0.6) is 0 Å². The lowest BCUT2D eigenvalue weighted by Gasteiger charge is -2.29. The molecule has 1 saturated heterocycles. The summed E-state index contributed by atoms with van der Waals surface area (Å²) in [4.78, 5) is 41.5. The van der Waals surface area contributed by atoms with E-state index in [1.54, 1.807) is 53.7 Å². The summed E-state index contributed by atoms with van der Waals surface area (Å²) in [5.74, 6) is -3.09. The highest BCUT2D eigenvalue weighted by Gasteiger charge is 2.63. The summed E-state index contributed by atoms with van der Waals surface area (Å²) >= 11 is 0. The number of anilines is 1. The van der Waals surface area contributed by atoms with Crippen molar-refractivity contribution >= 4 is 29.2 Å². The van der Waals surface area contributed by atoms with Crippen molar-refractivity contribution in [2.45, 2.75) is 65.5 Å². The van der Waals surface area contributed by atoms with Gasteiger partial charge >= 0.3 is 17.9 Å². The smallest absolute Gasteiger partial charge is 0.308 e. The lowest BCUT2D eigenvalue weighted by Crippen LogP contribution is -2.47. The molecule has 194 valence electrons. The molecule has 36 heavy (non-hydrogen) atoms. The maximum Gasteiger partial charge on any atom is 0.308 e. The largest absolute Gasteiger partial charge is 0.463 e. The van der Waals surface area contributed by atoms with Gasteiger partial charge < -0.3 is 24.7 Å². The summed E-state index contributed by atoms with van der Waals surface area (Å²) in [5.41, 5.74) is 4.56. The average Bonchev–Trinajstić information content (AvgIpc) is 3.38. The van der Waals surface area contributed by atoms with Crippen molar-refractivity contribution in [1.29, 1.82) is 5.26 Å². The Morgan fingerprint density at radius 3 is 2.28 bits per heavy atom. The van der Waals surface area contributed by atoms with Gasteiger partial charge in [-0.1, -0.05) is 41.5 Å². The van der Waals surface area contributed by atoms with Gasteiger partial charge in [0.15, 0.2) is 18.0 Å². The van der Waals surface area contributed by atoms with E-state index < -0.39 is 59.6 Å². The summed E-state index contributed by atoms with van der Waals surface area (Å²) in [5, 5.41) is 14.7. The molecule has 3 heterocycles. The molecule has 1 aliphatic rings. The highest BCUT2D eigenvalue weighted by atomic mass is 16.7. The number of aromatic nitrogens is 3. The number of nitrogen functional groups attached to an aromatic ring is 1. The molecule has 0 aliphatic carbocycles. The first-order valence-corrected chi connectivity index (χ1v) is 11.7. The second kappa shape index (κ2) is 10.5. The number of nitrogens with two attached hydrogens (primary N) is 1. The highest BCUT2D eigenvalue weighted by Crippen LogP contribution is 2.44. The standard InChI is InChI=1S/C24H31N5O7/c1-12(2)21(30)33-9-16-18(34-22(31)13(3)4)19(35-23(32)14(5)6)24(10-25,36-16)17-8-7-15-20(26)27-11-28-29(15)17/h7-8,11-14,16,18-19H,9H2,1-6H3,(H2,26,27,28)/t16?,18-,19-,24+/m1/s1. The zero-order valence-corrected chi connectivity index (χ0v) is 21.1. The van der Waals surface area contributed by atoms with Gasteiger partial charge in [0.05, 0.1) is 23.4 Å². The minimum Gasteiger partial charge on any atom is -0.463 e. The Hall–Kier alpha value is -3.72. The van der Waals surface area contributed by atoms with Crippen molar-refractivity contribution in [3.8, 4) is 6.07 Å². The van der Waals surface area contributed by atoms with Crippen LogP contribution in [-0.2, 0) is 38.9 Å². The Labute approximate surface area is 208 Å². The summed E-state index contributed by atoms with van der Waals surface area (Å²) in [6.45, 7) is 9.52. The number of esters is 3. The maximum atomic E-state index is 12.8. The molecule has 0 radical (unpaired) electrons. The Balaban J connectivity index is 2.16. The molecule has 0 amide bonds.